The number of aliphatic imine (C=N–C) groups is 1. The van der Waals surface area contributed by atoms with Gasteiger partial charge in [0.25, 0.3) is 0 Å². The van der Waals surface area contributed by atoms with Gasteiger partial charge in [-0.1, -0.05) is 12.1 Å². The average Bonchev–Trinajstić information content (AvgIpc) is 3.13. The number of benzene rings is 2. The lowest BCUT2D eigenvalue weighted by Crippen LogP contribution is -2.46. The molecule has 6 nitrogen and oxygen atoms in total. The van der Waals surface area contributed by atoms with E-state index in [2.05, 4.69) is 20.9 Å². The highest BCUT2D eigenvalue weighted by atomic mass is 127. The van der Waals surface area contributed by atoms with Crippen LogP contribution in [0.25, 0.3) is 0 Å². The summed E-state index contributed by atoms with van der Waals surface area (Å²) in [7, 11) is 1.56. The van der Waals surface area contributed by atoms with Gasteiger partial charge in [0, 0.05) is 31.9 Å². The SMILES string of the molecule is CN=C(NCC(=O)Nc1cccc(F)c1)NC1CCN(c2c(F)cccc2F)C1.I. The molecule has 0 spiro atoms. The Hall–Kier alpha value is -2.50. The van der Waals surface area contributed by atoms with Crippen LogP contribution in [-0.4, -0.2) is 44.6 Å². The lowest BCUT2D eigenvalue weighted by molar-refractivity contribution is -0.115. The molecule has 0 radical (unpaired) electrons. The van der Waals surface area contributed by atoms with E-state index in [1.54, 1.807) is 18.0 Å². The lowest BCUT2D eigenvalue weighted by atomic mass is 10.2. The number of para-hydroxylation sites is 1. The van der Waals surface area contributed by atoms with Gasteiger partial charge in [-0.3, -0.25) is 9.79 Å². The maximum absolute atomic E-state index is 14.0. The standard InChI is InChI=1S/C20H22F3N5O.HI/c1-24-20(25-11-18(29)26-14-5-2-4-13(21)10-14)27-15-8-9-28(12-15)19-16(22)6-3-7-17(19)23;/h2-7,10,15H,8-9,11-12H2,1H3,(H,26,29)(H2,24,25,27);1H. The number of halogens is 4. The summed E-state index contributed by atoms with van der Waals surface area (Å²) in [6.45, 7) is 0.815. The Kier molecular flexibility index (Phi) is 8.75. The molecule has 10 heteroatoms. The van der Waals surface area contributed by atoms with Crippen molar-refractivity contribution in [2.45, 2.75) is 12.5 Å². The number of anilines is 2. The average molecular weight is 533 g/mol. The van der Waals surface area contributed by atoms with E-state index in [0.29, 0.717) is 31.2 Å². The van der Waals surface area contributed by atoms with Gasteiger partial charge in [-0.2, -0.15) is 0 Å². The molecule has 2 aromatic carbocycles. The Morgan fingerprint density at radius 2 is 1.87 bits per heavy atom. The van der Waals surface area contributed by atoms with Gasteiger partial charge >= 0.3 is 0 Å². The van der Waals surface area contributed by atoms with E-state index in [1.165, 1.54) is 36.4 Å². The third-order valence-electron chi connectivity index (χ3n) is 4.53. The summed E-state index contributed by atoms with van der Waals surface area (Å²) in [4.78, 5) is 17.7. The summed E-state index contributed by atoms with van der Waals surface area (Å²) in [5.41, 5.74) is 0.326. The summed E-state index contributed by atoms with van der Waals surface area (Å²) in [6, 6.07) is 9.31. The summed E-state index contributed by atoms with van der Waals surface area (Å²) >= 11 is 0. The molecule has 0 aliphatic carbocycles. The Morgan fingerprint density at radius 1 is 1.17 bits per heavy atom. The van der Waals surface area contributed by atoms with Gasteiger partial charge in [0.05, 0.1) is 6.54 Å². The van der Waals surface area contributed by atoms with Crippen molar-refractivity contribution in [1.82, 2.24) is 10.6 Å². The molecule has 1 amide bonds. The molecule has 1 saturated heterocycles. The minimum atomic E-state index is -0.595. The largest absolute Gasteiger partial charge is 0.365 e. The molecule has 1 aliphatic rings. The number of amides is 1. The second kappa shape index (κ2) is 11.0. The lowest BCUT2D eigenvalue weighted by Gasteiger charge is -2.21. The van der Waals surface area contributed by atoms with Crippen molar-refractivity contribution in [3.05, 3.63) is 59.9 Å². The predicted molar refractivity (Wildman–Crippen MR) is 122 cm³/mol. The highest BCUT2D eigenvalue weighted by Crippen LogP contribution is 2.26. The number of nitrogens with zero attached hydrogens (tertiary/aromatic N) is 2. The number of rotatable bonds is 5. The molecule has 1 heterocycles. The number of hydrogen-bond donors (Lipinski definition) is 3. The van der Waals surface area contributed by atoms with Crippen molar-refractivity contribution in [2.75, 3.05) is 36.9 Å². The Bertz CT molecular complexity index is 892. The third-order valence-corrected chi connectivity index (χ3v) is 4.53. The number of carbonyl (C=O) groups is 1. The van der Waals surface area contributed by atoms with Crippen molar-refractivity contribution in [3.8, 4) is 0 Å². The van der Waals surface area contributed by atoms with Crippen LogP contribution in [-0.2, 0) is 4.79 Å². The van der Waals surface area contributed by atoms with Crippen LogP contribution in [0.3, 0.4) is 0 Å². The van der Waals surface area contributed by atoms with Crippen LogP contribution in [0.15, 0.2) is 47.5 Å². The maximum Gasteiger partial charge on any atom is 0.243 e. The summed E-state index contributed by atoms with van der Waals surface area (Å²) < 4.78 is 41.1. The molecule has 162 valence electrons. The molecule has 30 heavy (non-hydrogen) atoms. The third kappa shape index (κ3) is 6.25. The summed E-state index contributed by atoms with van der Waals surface area (Å²) in [5.74, 6) is -1.60. The number of hydrogen-bond acceptors (Lipinski definition) is 3. The van der Waals surface area contributed by atoms with E-state index in [4.69, 9.17) is 0 Å². The van der Waals surface area contributed by atoms with E-state index in [1.807, 2.05) is 0 Å². The first-order valence-electron chi connectivity index (χ1n) is 9.18. The van der Waals surface area contributed by atoms with Crippen LogP contribution in [0.5, 0.6) is 0 Å². The Morgan fingerprint density at radius 3 is 2.53 bits per heavy atom. The molecule has 1 atom stereocenters. The zero-order valence-electron chi connectivity index (χ0n) is 16.3. The van der Waals surface area contributed by atoms with E-state index >= 15 is 0 Å². The van der Waals surface area contributed by atoms with Gasteiger partial charge in [-0.25, -0.2) is 13.2 Å². The molecule has 1 unspecified atom stereocenters. The van der Waals surface area contributed by atoms with E-state index in [0.717, 1.165) is 0 Å². The molecule has 0 saturated carbocycles. The monoisotopic (exact) mass is 533 g/mol. The van der Waals surface area contributed by atoms with Gasteiger partial charge in [0.15, 0.2) is 5.96 Å². The van der Waals surface area contributed by atoms with E-state index in [-0.39, 0.29) is 48.2 Å². The van der Waals surface area contributed by atoms with Gasteiger partial charge < -0.3 is 20.9 Å². The summed E-state index contributed by atoms with van der Waals surface area (Å²) in [5, 5.41) is 8.60. The first-order chi connectivity index (χ1) is 14.0. The number of nitrogens with one attached hydrogen (secondary N) is 3. The van der Waals surface area contributed by atoms with Gasteiger partial charge in [0.2, 0.25) is 5.91 Å². The quantitative estimate of drug-likeness (QED) is 0.314. The second-order valence-corrected chi connectivity index (χ2v) is 6.63. The van der Waals surface area contributed by atoms with Crippen molar-refractivity contribution >= 4 is 47.2 Å². The minimum absolute atomic E-state index is 0. The first-order valence-corrected chi connectivity index (χ1v) is 9.18. The Labute approximate surface area is 190 Å². The molecular weight excluding hydrogens is 510 g/mol. The molecule has 0 aromatic heterocycles. The molecule has 0 bridgehead atoms. The van der Waals surface area contributed by atoms with Crippen LogP contribution in [0.2, 0.25) is 0 Å². The minimum Gasteiger partial charge on any atom is -0.365 e. The predicted octanol–water partition coefficient (Wildman–Crippen LogP) is 3.10. The van der Waals surface area contributed by atoms with Crippen LogP contribution in [0, 0.1) is 17.5 Å². The molecule has 1 aliphatic heterocycles. The fraction of sp³-hybridized carbons (Fsp3) is 0.300. The zero-order chi connectivity index (χ0) is 20.8. The Balaban J connectivity index is 0.00000320. The zero-order valence-corrected chi connectivity index (χ0v) is 18.6. The fourth-order valence-electron chi connectivity index (χ4n) is 3.20. The highest BCUT2D eigenvalue weighted by Gasteiger charge is 2.27. The van der Waals surface area contributed by atoms with Gasteiger partial charge in [-0.05, 0) is 36.8 Å². The van der Waals surface area contributed by atoms with Gasteiger partial charge in [0.1, 0.15) is 23.1 Å². The first kappa shape index (κ1) is 23.8. The smallest absolute Gasteiger partial charge is 0.243 e. The van der Waals surface area contributed by atoms with Crippen LogP contribution < -0.4 is 20.9 Å². The molecule has 1 fully saturated rings. The molecule has 3 rings (SSSR count). The van der Waals surface area contributed by atoms with Crippen LogP contribution in [0.1, 0.15) is 6.42 Å². The van der Waals surface area contributed by atoms with E-state index < -0.39 is 17.5 Å². The topological polar surface area (TPSA) is 68.8 Å². The van der Waals surface area contributed by atoms with E-state index in [9.17, 15) is 18.0 Å². The maximum atomic E-state index is 14.0. The van der Waals surface area contributed by atoms with Crippen molar-refractivity contribution in [2.24, 2.45) is 4.99 Å². The van der Waals surface area contributed by atoms with Crippen LogP contribution in [0.4, 0.5) is 24.5 Å². The second-order valence-electron chi connectivity index (χ2n) is 6.63. The number of carbonyl (C=O) groups excluding carboxylic acids is 1. The summed E-state index contributed by atoms with van der Waals surface area (Å²) in [6.07, 6.45) is 0.657. The van der Waals surface area contributed by atoms with Crippen molar-refractivity contribution < 1.29 is 18.0 Å². The molecular formula is C20H23F3IN5O. The van der Waals surface area contributed by atoms with Gasteiger partial charge in [-0.15, -0.1) is 24.0 Å². The van der Waals surface area contributed by atoms with Crippen molar-refractivity contribution in [3.63, 3.8) is 0 Å². The van der Waals surface area contributed by atoms with Crippen molar-refractivity contribution in [1.29, 1.82) is 0 Å². The molecule has 3 N–H and O–H groups in total. The highest BCUT2D eigenvalue weighted by molar-refractivity contribution is 14.0. The number of guanidine groups is 1. The fourth-order valence-corrected chi connectivity index (χ4v) is 3.20. The normalized spacial score (nSPS) is 16.1. The van der Waals surface area contributed by atoms with Crippen LogP contribution >= 0.6 is 24.0 Å². The molecule has 2 aromatic rings.